The van der Waals surface area contributed by atoms with Crippen LogP contribution >= 0.6 is 0 Å². The monoisotopic (exact) mass is 143 g/mol. The predicted octanol–water partition coefficient (Wildman–Crippen LogP) is 0.720. The molecule has 0 radical (unpaired) electrons. The van der Waals surface area contributed by atoms with Gasteiger partial charge in [-0.15, -0.1) is 0 Å². The third-order valence-electron chi connectivity index (χ3n) is 1.05. The van der Waals surface area contributed by atoms with Crippen LogP contribution in [-0.4, -0.2) is 9.97 Å². The van der Waals surface area contributed by atoms with Crippen molar-refractivity contribution in [1.29, 1.82) is 5.26 Å². The van der Waals surface area contributed by atoms with Crippen molar-refractivity contribution in [2.45, 2.75) is 6.92 Å². The minimum Gasteiger partial charge on any atom is -0.243 e. The predicted molar refractivity (Wildman–Crippen MR) is 39.3 cm³/mol. The molecule has 3 nitrogen and oxygen atoms in total. The zero-order chi connectivity index (χ0) is 8.10. The van der Waals surface area contributed by atoms with Crippen LogP contribution in [0.2, 0.25) is 0 Å². The standard InChI is InChI=1S/C8H5N3/c1-2-3-7-8(6-9)11-5-4-10-7/h4-5H,1H3. The van der Waals surface area contributed by atoms with Crippen LogP contribution in [-0.2, 0) is 0 Å². The van der Waals surface area contributed by atoms with Crippen LogP contribution in [0.1, 0.15) is 18.3 Å². The topological polar surface area (TPSA) is 49.6 Å². The van der Waals surface area contributed by atoms with Crippen molar-refractivity contribution in [2.24, 2.45) is 0 Å². The average molecular weight is 143 g/mol. The molecule has 0 aliphatic rings. The second-order valence-corrected chi connectivity index (χ2v) is 1.74. The van der Waals surface area contributed by atoms with Crippen LogP contribution in [0.4, 0.5) is 0 Å². The second-order valence-electron chi connectivity index (χ2n) is 1.74. The van der Waals surface area contributed by atoms with Gasteiger partial charge >= 0.3 is 0 Å². The molecule has 1 aromatic rings. The molecule has 0 fully saturated rings. The van der Waals surface area contributed by atoms with Crippen LogP contribution in [0.5, 0.6) is 0 Å². The third-order valence-corrected chi connectivity index (χ3v) is 1.05. The molecule has 11 heavy (non-hydrogen) atoms. The molecule has 1 rings (SSSR count). The Kier molecular flexibility index (Phi) is 2.20. The summed E-state index contributed by atoms with van der Waals surface area (Å²) in [7, 11) is 0. The van der Waals surface area contributed by atoms with Gasteiger partial charge in [0.1, 0.15) is 11.8 Å². The Balaban J connectivity index is 3.22. The fourth-order valence-corrected chi connectivity index (χ4v) is 0.630. The lowest BCUT2D eigenvalue weighted by atomic mass is 10.3. The molecule has 1 heterocycles. The van der Waals surface area contributed by atoms with Gasteiger partial charge in [-0.3, -0.25) is 0 Å². The van der Waals surface area contributed by atoms with Crippen molar-refractivity contribution in [3.8, 4) is 17.9 Å². The van der Waals surface area contributed by atoms with Gasteiger partial charge < -0.3 is 0 Å². The van der Waals surface area contributed by atoms with Crippen molar-refractivity contribution >= 4 is 0 Å². The van der Waals surface area contributed by atoms with Crippen molar-refractivity contribution in [3.63, 3.8) is 0 Å². The molecule has 0 bridgehead atoms. The smallest absolute Gasteiger partial charge is 0.174 e. The van der Waals surface area contributed by atoms with E-state index in [0.717, 1.165) is 0 Å². The first-order valence-electron chi connectivity index (χ1n) is 3.02. The molecule has 0 aliphatic carbocycles. The number of hydrogen-bond acceptors (Lipinski definition) is 3. The first-order valence-corrected chi connectivity index (χ1v) is 3.02. The first kappa shape index (κ1) is 7.24. The van der Waals surface area contributed by atoms with Crippen molar-refractivity contribution in [3.05, 3.63) is 23.8 Å². The number of nitrogens with zero attached hydrogens (tertiary/aromatic N) is 3. The van der Waals surface area contributed by atoms with E-state index in [9.17, 15) is 0 Å². The molecule has 0 N–H and O–H groups in total. The third kappa shape index (κ3) is 1.53. The van der Waals surface area contributed by atoms with Crippen LogP contribution in [0.15, 0.2) is 12.4 Å². The van der Waals surface area contributed by atoms with E-state index in [1.54, 1.807) is 6.92 Å². The van der Waals surface area contributed by atoms with E-state index in [2.05, 4.69) is 21.8 Å². The Labute approximate surface area is 64.7 Å². The molecule has 0 aromatic carbocycles. The largest absolute Gasteiger partial charge is 0.243 e. The first-order chi connectivity index (χ1) is 5.38. The lowest BCUT2D eigenvalue weighted by Crippen LogP contribution is -1.90. The number of aromatic nitrogens is 2. The summed E-state index contributed by atoms with van der Waals surface area (Å²) in [5.41, 5.74) is 0.722. The molecule has 0 unspecified atom stereocenters. The highest BCUT2D eigenvalue weighted by Crippen LogP contribution is 1.95. The maximum Gasteiger partial charge on any atom is 0.174 e. The zero-order valence-electron chi connectivity index (χ0n) is 6.00. The zero-order valence-corrected chi connectivity index (χ0v) is 6.00. The van der Waals surface area contributed by atoms with Crippen molar-refractivity contribution in [2.75, 3.05) is 0 Å². The van der Waals surface area contributed by atoms with Crippen molar-refractivity contribution in [1.82, 2.24) is 9.97 Å². The van der Waals surface area contributed by atoms with Gasteiger partial charge in [-0.1, -0.05) is 5.92 Å². The van der Waals surface area contributed by atoms with Crippen LogP contribution in [0.3, 0.4) is 0 Å². The highest BCUT2D eigenvalue weighted by atomic mass is 14.8. The number of hydrogen-bond donors (Lipinski definition) is 0. The highest BCUT2D eigenvalue weighted by molar-refractivity contribution is 5.37. The average Bonchev–Trinajstić information content (AvgIpc) is 2.06. The van der Waals surface area contributed by atoms with Gasteiger partial charge in [-0.25, -0.2) is 9.97 Å². The van der Waals surface area contributed by atoms with E-state index in [1.807, 2.05) is 6.07 Å². The molecule has 0 saturated carbocycles. The van der Waals surface area contributed by atoms with Gasteiger partial charge in [0.2, 0.25) is 0 Å². The Morgan fingerprint density at radius 3 is 2.45 bits per heavy atom. The van der Waals surface area contributed by atoms with E-state index in [1.165, 1.54) is 12.4 Å². The molecule has 0 saturated heterocycles. The maximum atomic E-state index is 8.52. The molecule has 0 amide bonds. The van der Waals surface area contributed by atoms with Crippen LogP contribution in [0, 0.1) is 23.2 Å². The summed E-state index contributed by atoms with van der Waals surface area (Å²) in [6.45, 7) is 1.69. The molecule has 52 valence electrons. The second kappa shape index (κ2) is 3.34. The molecule has 0 atom stereocenters. The Morgan fingerprint density at radius 2 is 1.91 bits per heavy atom. The summed E-state index contributed by atoms with van der Waals surface area (Å²) >= 11 is 0. The minimum atomic E-state index is 0.279. The minimum absolute atomic E-state index is 0.279. The molecular formula is C8H5N3. The summed E-state index contributed by atoms with van der Waals surface area (Å²) in [6, 6.07) is 1.90. The van der Waals surface area contributed by atoms with Gasteiger partial charge in [0.25, 0.3) is 0 Å². The van der Waals surface area contributed by atoms with Crippen LogP contribution in [0.25, 0.3) is 0 Å². The van der Waals surface area contributed by atoms with Crippen molar-refractivity contribution < 1.29 is 0 Å². The summed E-state index contributed by atoms with van der Waals surface area (Å²) < 4.78 is 0. The SMILES string of the molecule is CC#Cc1nccnc1C#N. The fraction of sp³-hybridized carbons (Fsp3) is 0.125. The Morgan fingerprint density at radius 1 is 1.27 bits per heavy atom. The normalized spacial score (nSPS) is 7.64. The van der Waals surface area contributed by atoms with Gasteiger partial charge in [0.15, 0.2) is 5.69 Å². The lowest BCUT2D eigenvalue weighted by molar-refractivity contribution is 1.14. The molecule has 1 aromatic heterocycles. The summed E-state index contributed by atoms with van der Waals surface area (Å²) in [6.07, 6.45) is 2.99. The van der Waals surface area contributed by atoms with Gasteiger partial charge in [-0.05, 0) is 12.8 Å². The number of nitriles is 1. The van der Waals surface area contributed by atoms with E-state index in [4.69, 9.17) is 5.26 Å². The summed E-state index contributed by atoms with van der Waals surface area (Å²) in [5.74, 6) is 5.34. The molecule has 0 aliphatic heterocycles. The Bertz CT molecular complexity index is 352. The quantitative estimate of drug-likeness (QED) is 0.503. The highest BCUT2D eigenvalue weighted by Gasteiger charge is 1.97. The number of rotatable bonds is 0. The van der Waals surface area contributed by atoms with E-state index < -0.39 is 0 Å². The summed E-state index contributed by atoms with van der Waals surface area (Å²) in [5, 5.41) is 8.52. The lowest BCUT2D eigenvalue weighted by Gasteiger charge is -1.88. The molecule has 0 spiro atoms. The van der Waals surface area contributed by atoms with Crippen LogP contribution < -0.4 is 0 Å². The van der Waals surface area contributed by atoms with E-state index >= 15 is 0 Å². The maximum absolute atomic E-state index is 8.52. The Hall–Kier alpha value is -1.87. The van der Waals surface area contributed by atoms with E-state index in [0.29, 0.717) is 5.69 Å². The van der Waals surface area contributed by atoms with Gasteiger partial charge in [-0.2, -0.15) is 5.26 Å². The fourth-order valence-electron chi connectivity index (χ4n) is 0.630. The molecule has 3 heteroatoms. The van der Waals surface area contributed by atoms with Gasteiger partial charge in [0.05, 0.1) is 0 Å². The summed E-state index contributed by atoms with van der Waals surface area (Å²) in [4.78, 5) is 7.67. The molecular weight excluding hydrogens is 138 g/mol. The van der Waals surface area contributed by atoms with E-state index in [-0.39, 0.29) is 5.69 Å². The van der Waals surface area contributed by atoms with Gasteiger partial charge in [0, 0.05) is 12.4 Å².